The van der Waals surface area contributed by atoms with Crippen LogP contribution in [0.3, 0.4) is 0 Å². The first kappa shape index (κ1) is 29.3. The second-order valence-corrected chi connectivity index (χ2v) is 9.73. The molecule has 0 amide bonds. The number of allylic oxidation sites excluding steroid dienone is 1. The Bertz CT molecular complexity index is 1080. The van der Waals surface area contributed by atoms with Crippen molar-refractivity contribution in [2.24, 2.45) is 5.92 Å². The van der Waals surface area contributed by atoms with Crippen LogP contribution in [0.1, 0.15) is 40.5 Å². The van der Waals surface area contributed by atoms with E-state index in [2.05, 4.69) is 6.58 Å². The van der Waals surface area contributed by atoms with Crippen molar-refractivity contribution < 1.29 is 53.1 Å². The molecule has 6 atom stereocenters. The Balaban J connectivity index is 1.76. The molecule has 1 aliphatic carbocycles. The van der Waals surface area contributed by atoms with Crippen LogP contribution >= 0.6 is 0 Å². The summed E-state index contributed by atoms with van der Waals surface area (Å²) < 4.78 is 27.2. The molecule has 3 aliphatic rings. The maximum Gasteiger partial charge on any atom is 0.337 e. The van der Waals surface area contributed by atoms with E-state index in [0.717, 1.165) is 6.08 Å². The summed E-state index contributed by atoms with van der Waals surface area (Å²) in [6, 6.07) is 0. The van der Waals surface area contributed by atoms with E-state index >= 15 is 0 Å². The lowest BCUT2D eigenvalue weighted by Gasteiger charge is -2.29. The lowest BCUT2D eigenvalue weighted by molar-refractivity contribution is -0.149. The van der Waals surface area contributed by atoms with E-state index in [1.54, 1.807) is 19.9 Å². The second kappa shape index (κ2) is 12.1. The summed E-state index contributed by atoms with van der Waals surface area (Å²) in [6.45, 7) is 8.85. The molecule has 11 nitrogen and oxygen atoms in total. The molecular weight excluding hydrogens is 500 g/mol. The predicted molar refractivity (Wildman–Crippen MR) is 131 cm³/mol. The van der Waals surface area contributed by atoms with E-state index in [0.29, 0.717) is 12.0 Å². The number of aliphatic hydroxyl groups is 2. The van der Waals surface area contributed by atoms with Gasteiger partial charge in [-0.2, -0.15) is 0 Å². The van der Waals surface area contributed by atoms with Gasteiger partial charge in [0.25, 0.3) is 0 Å². The number of ether oxygens (including phenoxy) is 5. The highest BCUT2D eigenvalue weighted by Gasteiger charge is 2.57. The topological polar surface area (TPSA) is 158 Å². The van der Waals surface area contributed by atoms with Gasteiger partial charge in [0.1, 0.15) is 25.4 Å². The highest BCUT2D eigenvalue weighted by atomic mass is 16.6. The molecule has 0 bridgehead atoms. The Morgan fingerprint density at radius 1 is 1.21 bits per heavy atom. The Labute approximate surface area is 220 Å². The maximum absolute atomic E-state index is 13.2. The average Bonchev–Trinajstić information content (AvgIpc) is 3.38. The lowest BCUT2D eigenvalue weighted by atomic mass is 9.82. The quantitative estimate of drug-likeness (QED) is 0.152. The van der Waals surface area contributed by atoms with Crippen molar-refractivity contribution in [3.63, 3.8) is 0 Å². The van der Waals surface area contributed by atoms with E-state index in [4.69, 9.17) is 28.8 Å². The minimum Gasteiger partial charge on any atom is -0.461 e. The van der Waals surface area contributed by atoms with Gasteiger partial charge in [-0.05, 0) is 38.5 Å². The van der Waals surface area contributed by atoms with Crippen molar-refractivity contribution in [1.82, 2.24) is 0 Å². The van der Waals surface area contributed by atoms with Crippen molar-refractivity contribution in [2.75, 3.05) is 19.8 Å². The lowest BCUT2D eigenvalue weighted by Crippen LogP contribution is -2.38. The molecule has 0 spiro atoms. The number of aliphatic hydroxyl groups excluding tert-OH is 2. The van der Waals surface area contributed by atoms with E-state index in [-0.39, 0.29) is 29.2 Å². The highest BCUT2D eigenvalue weighted by Crippen LogP contribution is 2.48. The minimum atomic E-state index is -0.879. The number of hydrogen-bond donors (Lipinski definition) is 2. The largest absolute Gasteiger partial charge is 0.461 e. The zero-order valence-electron chi connectivity index (χ0n) is 21.9. The van der Waals surface area contributed by atoms with Crippen molar-refractivity contribution >= 4 is 23.9 Å². The van der Waals surface area contributed by atoms with Gasteiger partial charge in [-0.1, -0.05) is 12.7 Å². The molecule has 2 N–H and O–H groups in total. The predicted octanol–water partition coefficient (Wildman–Crippen LogP) is 1.23. The Hall–Kier alpha value is -3.28. The molecule has 2 heterocycles. The third-order valence-electron chi connectivity index (χ3n) is 6.95. The van der Waals surface area contributed by atoms with Crippen LogP contribution in [-0.4, -0.2) is 83.9 Å². The third kappa shape index (κ3) is 6.77. The van der Waals surface area contributed by atoms with Gasteiger partial charge < -0.3 is 33.9 Å². The van der Waals surface area contributed by atoms with Gasteiger partial charge in [-0.15, -0.1) is 0 Å². The van der Waals surface area contributed by atoms with Crippen LogP contribution in [0.2, 0.25) is 0 Å². The molecule has 0 aromatic heterocycles. The third-order valence-corrected chi connectivity index (χ3v) is 6.95. The van der Waals surface area contributed by atoms with Crippen molar-refractivity contribution in [1.29, 1.82) is 0 Å². The van der Waals surface area contributed by atoms with Gasteiger partial charge in [-0.3, -0.25) is 4.79 Å². The zero-order valence-corrected chi connectivity index (χ0v) is 21.9. The summed E-state index contributed by atoms with van der Waals surface area (Å²) in [5.41, 5.74) is -0.00384. The molecule has 2 fully saturated rings. The molecule has 0 aromatic rings. The van der Waals surface area contributed by atoms with Crippen LogP contribution in [0.4, 0.5) is 0 Å². The highest BCUT2D eigenvalue weighted by molar-refractivity contribution is 5.93. The molecule has 0 aromatic carbocycles. The monoisotopic (exact) mass is 534 g/mol. The van der Waals surface area contributed by atoms with Crippen molar-refractivity contribution in [3.05, 3.63) is 47.1 Å². The standard InChI is InChI=1S/C27H34O11/c1-6-17(12-35-25(32)18(7-8-28)13-34-16(4)29)26(33)37-21-11-27(5)22(38-27)10-19(30)14(2)9-20-23(21)15(3)24(31)36-20/h6-7,9,19-23,28,30H,3,8,10-13H2,1-2,4-5H3/b14-9-,17-6+,18-7+/t19-,20+,21+,22+,23-,27+/m0/s1. The minimum absolute atomic E-state index is 0.0271. The fourth-order valence-electron chi connectivity index (χ4n) is 4.55. The van der Waals surface area contributed by atoms with E-state index in [9.17, 15) is 24.3 Å². The van der Waals surface area contributed by atoms with Crippen LogP contribution in [0.25, 0.3) is 0 Å². The van der Waals surface area contributed by atoms with Gasteiger partial charge >= 0.3 is 23.9 Å². The van der Waals surface area contributed by atoms with Crippen LogP contribution in [0, 0.1) is 5.92 Å². The molecule has 2 aliphatic heterocycles. The second-order valence-electron chi connectivity index (χ2n) is 9.73. The summed E-state index contributed by atoms with van der Waals surface area (Å²) in [5, 5.41) is 19.7. The Kier molecular flexibility index (Phi) is 9.29. The normalized spacial score (nSPS) is 32.7. The van der Waals surface area contributed by atoms with Gasteiger partial charge in [0.15, 0.2) is 0 Å². The number of fused-ring (bicyclic) bond motifs is 2. The van der Waals surface area contributed by atoms with Crippen molar-refractivity contribution in [3.8, 4) is 0 Å². The number of carbonyl (C=O) groups is 4. The summed E-state index contributed by atoms with van der Waals surface area (Å²) in [4.78, 5) is 49.1. The number of hydrogen-bond acceptors (Lipinski definition) is 11. The van der Waals surface area contributed by atoms with E-state index in [1.807, 2.05) is 6.92 Å². The maximum atomic E-state index is 13.2. The molecule has 0 unspecified atom stereocenters. The average molecular weight is 535 g/mol. The van der Waals surface area contributed by atoms with Gasteiger partial charge in [0.05, 0.1) is 41.5 Å². The number of epoxide rings is 1. The summed E-state index contributed by atoms with van der Waals surface area (Å²) in [6.07, 6.45) is 2.10. The number of esters is 4. The number of rotatable bonds is 8. The van der Waals surface area contributed by atoms with Crippen LogP contribution in [-0.2, 0) is 42.9 Å². The van der Waals surface area contributed by atoms with E-state index < -0.39 is 73.5 Å². The zero-order chi connectivity index (χ0) is 28.2. The molecular formula is C27H34O11. The van der Waals surface area contributed by atoms with Crippen LogP contribution < -0.4 is 0 Å². The van der Waals surface area contributed by atoms with E-state index in [1.165, 1.54) is 13.0 Å². The van der Waals surface area contributed by atoms with Gasteiger partial charge in [-0.25, -0.2) is 14.4 Å². The molecule has 11 heteroatoms. The molecule has 38 heavy (non-hydrogen) atoms. The molecule has 208 valence electrons. The molecule has 0 saturated carbocycles. The summed E-state index contributed by atoms with van der Waals surface area (Å²) >= 11 is 0. The van der Waals surface area contributed by atoms with Crippen LogP contribution in [0.5, 0.6) is 0 Å². The molecule has 0 radical (unpaired) electrons. The SMILES string of the molecule is C=C1C(=O)O[C@@H]2/C=C(/C)[C@@H](O)C[C@H]3O[C@]3(C)C[C@@H](OC(=O)/C(=C/C)COC(=O)/C(=C/CO)COC(C)=O)[C@@H]12. The first-order chi connectivity index (χ1) is 17.9. The Morgan fingerprint density at radius 2 is 1.89 bits per heavy atom. The smallest absolute Gasteiger partial charge is 0.337 e. The van der Waals surface area contributed by atoms with Crippen molar-refractivity contribution in [2.45, 2.75) is 70.6 Å². The molecule has 2 saturated heterocycles. The first-order valence-electron chi connectivity index (χ1n) is 12.3. The fraction of sp³-hybridized carbons (Fsp3) is 0.556. The Morgan fingerprint density at radius 3 is 2.53 bits per heavy atom. The fourth-order valence-corrected chi connectivity index (χ4v) is 4.55. The molecule has 3 rings (SSSR count). The number of carbonyl (C=O) groups excluding carboxylic acids is 4. The first-order valence-corrected chi connectivity index (χ1v) is 12.3. The summed E-state index contributed by atoms with van der Waals surface area (Å²) in [5.74, 6) is -3.60. The van der Waals surface area contributed by atoms with Gasteiger partial charge in [0, 0.05) is 25.3 Å². The summed E-state index contributed by atoms with van der Waals surface area (Å²) in [7, 11) is 0. The van der Waals surface area contributed by atoms with Crippen LogP contribution in [0.15, 0.2) is 47.1 Å². The van der Waals surface area contributed by atoms with Gasteiger partial charge in [0.2, 0.25) is 0 Å².